The van der Waals surface area contributed by atoms with Gasteiger partial charge in [-0.1, -0.05) is 35.9 Å². The number of hydrogen-bond acceptors (Lipinski definition) is 5. The van der Waals surface area contributed by atoms with Crippen LogP contribution < -0.4 is 10.7 Å². The second-order valence-electron chi connectivity index (χ2n) is 8.98. The number of aromatic nitrogens is 2. The fourth-order valence-electron chi connectivity index (χ4n) is 3.79. The first-order valence-electron chi connectivity index (χ1n) is 12.1. The zero-order chi connectivity index (χ0) is 26.1. The molecule has 0 unspecified atom stereocenters. The van der Waals surface area contributed by atoms with E-state index in [1.54, 1.807) is 22.8 Å². The normalized spacial score (nSPS) is 10.9. The highest BCUT2D eigenvalue weighted by Gasteiger charge is 2.25. The molecule has 2 aromatic heterocycles. The monoisotopic (exact) mass is 490 g/mol. The second kappa shape index (κ2) is 12.8. The highest BCUT2D eigenvalue weighted by Crippen LogP contribution is 2.09. The van der Waals surface area contributed by atoms with Gasteiger partial charge in [-0.25, -0.2) is 0 Å². The number of amides is 2. The Balaban J connectivity index is 1.92. The summed E-state index contributed by atoms with van der Waals surface area (Å²) in [4.78, 5) is 45.8. The first-order valence-corrected chi connectivity index (χ1v) is 12.1. The van der Waals surface area contributed by atoms with Crippen LogP contribution in [0.4, 0.5) is 0 Å². The Morgan fingerprint density at radius 1 is 1.08 bits per heavy atom. The highest BCUT2D eigenvalue weighted by molar-refractivity contribution is 5.99. The van der Waals surface area contributed by atoms with Gasteiger partial charge in [0.05, 0.1) is 6.61 Å². The predicted molar refractivity (Wildman–Crippen MR) is 139 cm³/mol. The lowest BCUT2D eigenvalue weighted by Gasteiger charge is -2.26. The van der Waals surface area contributed by atoms with Crippen LogP contribution in [-0.2, 0) is 24.2 Å². The maximum Gasteiger partial charge on any atom is 0.259 e. The molecule has 0 spiro atoms. The van der Waals surface area contributed by atoms with Crippen molar-refractivity contribution in [3.63, 3.8) is 0 Å². The van der Waals surface area contributed by atoms with Gasteiger partial charge >= 0.3 is 0 Å². The van der Waals surface area contributed by atoms with Crippen LogP contribution in [0.3, 0.4) is 0 Å². The van der Waals surface area contributed by atoms with Gasteiger partial charge in [0.25, 0.3) is 11.8 Å². The van der Waals surface area contributed by atoms with E-state index in [4.69, 9.17) is 4.74 Å². The second-order valence-corrected chi connectivity index (χ2v) is 8.98. The van der Waals surface area contributed by atoms with Crippen LogP contribution >= 0.6 is 0 Å². The van der Waals surface area contributed by atoms with E-state index in [1.165, 1.54) is 12.4 Å². The van der Waals surface area contributed by atoms with E-state index in [1.807, 2.05) is 63.2 Å². The summed E-state index contributed by atoms with van der Waals surface area (Å²) in [5.41, 5.74) is 2.22. The van der Waals surface area contributed by atoms with E-state index in [0.717, 1.165) is 16.8 Å². The summed E-state index contributed by atoms with van der Waals surface area (Å²) >= 11 is 0. The van der Waals surface area contributed by atoms with Crippen molar-refractivity contribution in [1.29, 1.82) is 0 Å². The minimum absolute atomic E-state index is 0.0381. The number of rotatable bonds is 11. The number of nitrogens with zero attached hydrogens (tertiary/aromatic N) is 3. The third kappa shape index (κ3) is 7.11. The molecule has 1 aromatic carbocycles. The van der Waals surface area contributed by atoms with E-state index in [9.17, 15) is 14.4 Å². The lowest BCUT2D eigenvalue weighted by atomic mass is 10.1. The number of hydrogen-bond donors (Lipinski definition) is 1. The molecule has 8 heteroatoms. The van der Waals surface area contributed by atoms with Crippen LogP contribution in [0.1, 0.15) is 51.4 Å². The minimum atomic E-state index is -0.585. The third-order valence-corrected chi connectivity index (χ3v) is 5.90. The van der Waals surface area contributed by atoms with Crippen molar-refractivity contribution in [3.8, 4) is 0 Å². The third-order valence-electron chi connectivity index (χ3n) is 5.90. The number of carbonyl (C=O) groups excluding carboxylic acids is 2. The van der Waals surface area contributed by atoms with Crippen LogP contribution in [0.5, 0.6) is 0 Å². The Labute approximate surface area is 211 Å². The van der Waals surface area contributed by atoms with Crippen molar-refractivity contribution < 1.29 is 14.3 Å². The van der Waals surface area contributed by atoms with Crippen LogP contribution in [0, 0.1) is 6.92 Å². The summed E-state index contributed by atoms with van der Waals surface area (Å²) in [6.45, 7) is 7.16. The van der Waals surface area contributed by atoms with Gasteiger partial charge in [-0.05, 0) is 38.5 Å². The van der Waals surface area contributed by atoms with Gasteiger partial charge in [-0.15, -0.1) is 0 Å². The minimum Gasteiger partial charge on any atom is -0.383 e. The van der Waals surface area contributed by atoms with Crippen LogP contribution in [0.2, 0.25) is 0 Å². The molecule has 0 saturated carbocycles. The Kier molecular flexibility index (Phi) is 9.53. The quantitative estimate of drug-likeness (QED) is 0.446. The lowest BCUT2D eigenvalue weighted by Crippen LogP contribution is -2.42. The van der Waals surface area contributed by atoms with E-state index in [0.29, 0.717) is 26.1 Å². The van der Waals surface area contributed by atoms with Gasteiger partial charge in [-0.3, -0.25) is 19.4 Å². The molecule has 2 heterocycles. The first kappa shape index (κ1) is 26.8. The maximum absolute atomic E-state index is 13.4. The Bertz CT molecular complexity index is 1220. The van der Waals surface area contributed by atoms with Crippen molar-refractivity contribution in [1.82, 2.24) is 19.8 Å². The van der Waals surface area contributed by atoms with Crippen LogP contribution in [0.25, 0.3) is 0 Å². The largest absolute Gasteiger partial charge is 0.383 e. The number of ether oxygens (including phenoxy) is 1. The molecule has 0 atom stereocenters. The van der Waals surface area contributed by atoms with Crippen molar-refractivity contribution in [2.45, 2.75) is 46.3 Å². The molecular formula is C28H34N4O4. The number of pyridine rings is 2. The Morgan fingerprint density at radius 3 is 2.44 bits per heavy atom. The maximum atomic E-state index is 13.4. The molecule has 0 aliphatic heterocycles. The fraction of sp³-hybridized carbons (Fsp3) is 0.357. The van der Waals surface area contributed by atoms with Gasteiger partial charge in [0.1, 0.15) is 11.1 Å². The van der Waals surface area contributed by atoms with Crippen LogP contribution in [-0.4, -0.2) is 52.6 Å². The summed E-state index contributed by atoms with van der Waals surface area (Å²) in [5, 5.41) is 2.82. The van der Waals surface area contributed by atoms with Gasteiger partial charge < -0.3 is 19.5 Å². The smallest absolute Gasteiger partial charge is 0.259 e. The SMILES string of the molecule is COCCN(C(=O)c1cn(CCc2ccccn2)cc(C(=O)NCc2ccc(C)cc2)c1=O)C(C)C. The molecule has 3 rings (SSSR count). The van der Waals surface area contributed by atoms with Crippen molar-refractivity contribution in [2.75, 3.05) is 20.3 Å². The highest BCUT2D eigenvalue weighted by atomic mass is 16.5. The molecule has 0 bridgehead atoms. The van der Waals surface area contributed by atoms with Crippen LogP contribution in [0.15, 0.2) is 65.8 Å². The summed E-state index contributed by atoms with van der Waals surface area (Å²) in [5.74, 6) is -0.943. The van der Waals surface area contributed by atoms with Gasteiger partial charge in [0, 0.05) is 63.5 Å². The van der Waals surface area contributed by atoms with E-state index in [-0.39, 0.29) is 23.7 Å². The molecule has 2 amide bonds. The zero-order valence-electron chi connectivity index (χ0n) is 21.4. The molecule has 0 aliphatic rings. The number of methoxy groups -OCH3 is 1. The van der Waals surface area contributed by atoms with E-state index in [2.05, 4.69) is 10.3 Å². The molecular weight excluding hydrogens is 456 g/mol. The Morgan fingerprint density at radius 2 is 1.81 bits per heavy atom. The molecule has 0 radical (unpaired) electrons. The molecule has 3 aromatic rings. The summed E-state index contributed by atoms with van der Waals surface area (Å²) < 4.78 is 6.87. The van der Waals surface area contributed by atoms with E-state index < -0.39 is 17.2 Å². The topological polar surface area (TPSA) is 93.5 Å². The molecule has 190 valence electrons. The molecule has 36 heavy (non-hydrogen) atoms. The number of benzene rings is 1. The van der Waals surface area contributed by atoms with Gasteiger partial charge in [0.15, 0.2) is 0 Å². The standard InChI is InChI=1S/C28H34N4O4/c1-20(2)32(15-16-36-4)28(35)25-19-31(14-12-23-7-5-6-13-29-23)18-24(26(25)33)27(34)30-17-22-10-8-21(3)9-11-22/h5-11,13,18-20H,12,14-17H2,1-4H3,(H,30,34). The Hall–Kier alpha value is -3.78. The van der Waals surface area contributed by atoms with Crippen molar-refractivity contribution >= 4 is 11.8 Å². The average Bonchev–Trinajstić information content (AvgIpc) is 2.88. The van der Waals surface area contributed by atoms with Crippen molar-refractivity contribution in [2.24, 2.45) is 0 Å². The summed E-state index contributed by atoms with van der Waals surface area (Å²) in [6, 6.07) is 13.3. The van der Waals surface area contributed by atoms with Gasteiger partial charge in [0.2, 0.25) is 5.43 Å². The molecule has 8 nitrogen and oxygen atoms in total. The number of carbonyl (C=O) groups is 2. The summed E-state index contributed by atoms with van der Waals surface area (Å²) in [6.07, 6.45) is 5.35. The molecule has 0 aliphatic carbocycles. The zero-order valence-corrected chi connectivity index (χ0v) is 21.4. The first-order chi connectivity index (χ1) is 17.3. The molecule has 0 saturated heterocycles. The number of nitrogens with one attached hydrogen (secondary N) is 1. The predicted octanol–water partition coefficient (Wildman–Crippen LogP) is 3.22. The average molecular weight is 491 g/mol. The number of aryl methyl sites for hydroxylation is 3. The van der Waals surface area contributed by atoms with Crippen molar-refractivity contribution in [3.05, 3.63) is 99.2 Å². The fourth-order valence-corrected chi connectivity index (χ4v) is 3.79. The lowest BCUT2D eigenvalue weighted by molar-refractivity contribution is 0.0632. The molecule has 0 fully saturated rings. The van der Waals surface area contributed by atoms with Gasteiger partial charge in [-0.2, -0.15) is 0 Å². The molecule has 1 N–H and O–H groups in total. The summed E-state index contributed by atoms with van der Waals surface area (Å²) in [7, 11) is 1.56. The van der Waals surface area contributed by atoms with E-state index >= 15 is 0 Å².